The number of carbonyl (C=O) groups excluding carboxylic acids is 2. The molecule has 0 N–H and O–H groups in total. The van der Waals surface area contributed by atoms with Crippen LogP contribution < -0.4 is 0 Å². The lowest BCUT2D eigenvalue weighted by Gasteiger charge is -2.26. The molecule has 1 aliphatic rings. The Morgan fingerprint density at radius 1 is 1.12 bits per heavy atom. The first-order valence-electron chi connectivity index (χ1n) is 6.11. The van der Waals surface area contributed by atoms with Gasteiger partial charge in [0.15, 0.2) is 5.12 Å². The summed E-state index contributed by atoms with van der Waals surface area (Å²) in [6.45, 7) is 3.48. The minimum absolute atomic E-state index is 0.169. The summed E-state index contributed by atoms with van der Waals surface area (Å²) in [5.41, 5.74) is 0. The third kappa shape index (κ3) is 5.54. The Morgan fingerprint density at radius 3 is 2.44 bits per heavy atom. The van der Waals surface area contributed by atoms with E-state index in [1.54, 1.807) is 6.92 Å². The van der Waals surface area contributed by atoms with Gasteiger partial charge in [0, 0.05) is 32.2 Å². The lowest BCUT2D eigenvalue weighted by atomic mass is 10.1. The highest BCUT2D eigenvalue weighted by Gasteiger charge is 2.15. The molecule has 0 unspecified atom stereocenters. The van der Waals surface area contributed by atoms with Gasteiger partial charge in [-0.1, -0.05) is 11.8 Å². The van der Waals surface area contributed by atoms with Crippen molar-refractivity contribution >= 4 is 22.8 Å². The number of carbonyl (C=O) groups is 2. The van der Waals surface area contributed by atoms with E-state index in [0.717, 1.165) is 44.5 Å². The Morgan fingerprint density at radius 2 is 1.81 bits per heavy atom. The number of unbranched alkanes of at least 4 members (excludes halogenated alkanes) is 1. The van der Waals surface area contributed by atoms with Gasteiger partial charge in [-0.25, -0.2) is 0 Å². The van der Waals surface area contributed by atoms with Crippen molar-refractivity contribution in [2.24, 2.45) is 0 Å². The van der Waals surface area contributed by atoms with Gasteiger partial charge in [0.2, 0.25) is 5.91 Å². The van der Waals surface area contributed by atoms with E-state index in [2.05, 4.69) is 0 Å². The lowest BCUT2D eigenvalue weighted by Crippen LogP contribution is -2.35. The molecule has 0 bridgehead atoms. The lowest BCUT2D eigenvalue weighted by molar-refractivity contribution is -0.132. The van der Waals surface area contributed by atoms with Crippen molar-refractivity contribution in [3.8, 4) is 0 Å². The standard InChI is InChI=1S/C12H21NO2S/c1-11(14)16-10-6-3-7-12(15)13-8-4-2-5-9-13/h2-10H2,1H3. The third-order valence-electron chi connectivity index (χ3n) is 2.80. The highest BCUT2D eigenvalue weighted by Crippen LogP contribution is 2.12. The van der Waals surface area contributed by atoms with Crippen molar-refractivity contribution < 1.29 is 9.59 Å². The summed E-state index contributed by atoms with van der Waals surface area (Å²) in [7, 11) is 0. The molecule has 1 saturated heterocycles. The smallest absolute Gasteiger partial charge is 0.222 e. The van der Waals surface area contributed by atoms with E-state index in [0.29, 0.717) is 12.3 Å². The summed E-state index contributed by atoms with van der Waals surface area (Å²) in [4.78, 5) is 24.4. The van der Waals surface area contributed by atoms with Gasteiger partial charge >= 0.3 is 0 Å². The molecule has 0 aliphatic carbocycles. The second-order valence-electron chi connectivity index (χ2n) is 4.24. The van der Waals surface area contributed by atoms with Gasteiger partial charge in [0.25, 0.3) is 0 Å². The Kier molecular flexibility index (Phi) is 6.53. The summed E-state index contributed by atoms with van der Waals surface area (Å²) >= 11 is 1.35. The molecule has 92 valence electrons. The molecular weight excluding hydrogens is 222 g/mol. The fourth-order valence-electron chi connectivity index (χ4n) is 1.90. The molecule has 0 atom stereocenters. The molecule has 1 rings (SSSR count). The second-order valence-corrected chi connectivity index (χ2v) is 5.51. The zero-order valence-electron chi connectivity index (χ0n) is 10.0. The Balaban J connectivity index is 2.03. The highest BCUT2D eigenvalue weighted by atomic mass is 32.2. The molecule has 3 nitrogen and oxygen atoms in total. The molecular formula is C12H21NO2S. The van der Waals surface area contributed by atoms with Crippen molar-refractivity contribution in [3.63, 3.8) is 0 Å². The average molecular weight is 243 g/mol. The molecule has 0 aromatic heterocycles. The molecule has 1 heterocycles. The number of hydrogen-bond donors (Lipinski definition) is 0. The molecule has 1 amide bonds. The Labute approximate surface area is 102 Å². The summed E-state index contributed by atoms with van der Waals surface area (Å²) in [6, 6.07) is 0. The number of hydrogen-bond acceptors (Lipinski definition) is 3. The zero-order chi connectivity index (χ0) is 11.8. The van der Waals surface area contributed by atoms with Crippen molar-refractivity contribution in [3.05, 3.63) is 0 Å². The number of likely N-dealkylation sites (tertiary alicyclic amines) is 1. The van der Waals surface area contributed by atoms with Crippen LogP contribution in [0, 0.1) is 0 Å². The van der Waals surface area contributed by atoms with Crippen molar-refractivity contribution in [2.45, 2.75) is 45.4 Å². The molecule has 0 spiro atoms. The fourth-order valence-corrected chi connectivity index (χ4v) is 2.53. The van der Waals surface area contributed by atoms with E-state index in [4.69, 9.17) is 0 Å². The van der Waals surface area contributed by atoms with Crippen LogP contribution in [0.25, 0.3) is 0 Å². The van der Waals surface area contributed by atoms with E-state index in [9.17, 15) is 9.59 Å². The van der Waals surface area contributed by atoms with Crippen LogP contribution in [-0.2, 0) is 9.59 Å². The van der Waals surface area contributed by atoms with Gasteiger partial charge in [-0.15, -0.1) is 0 Å². The molecule has 1 aliphatic heterocycles. The molecule has 4 heteroatoms. The van der Waals surface area contributed by atoms with Gasteiger partial charge in [0.05, 0.1) is 0 Å². The minimum atomic E-state index is 0.169. The first-order valence-corrected chi connectivity index (χ1v) is 7.10. The predicted molar refractivity (Wildman–Crippen MR) is 67.4 cm³/mol. The van der Waals surface area contributed by atoms with Crippen LogP contribution in [-0.4, -0.2) is 34.8 Å². The van der Waals surface area contributed by atoms with Crippen LogP contribution in [0.4, 0.5) is 0 Å². The highest BCUT2D eigenvalue weighted by molar-refractivity contribution is 8.13. The number of amides is 1. The van der Waals surface area contributed by atoms with Crippen LogP contribution in [0.5, 0.6) is 0 Å². The van der Waals surface area contributed by atoms with E-state index in [1.165, 1.54) is 18.2 Å². The van der Waals surface area contributed by atoms with E-state index < -0.39 is 0 Å². The Hall–Kier alpha value is -0.510. The summed E-state index contributed by atoms with van der Waals surface area (Å²) in [5, 5.41) is 0.169. The minimum Gasteiger partial charge on any atom is -0.343 e. The quantitative estimate of drug-likeness (QED) is 0.696. The maximum absolute atomic E-state index is 11.7. The maximum Gasteiger partial charge on any atom is 0.222 e. The Bertz CT molecular complexity index is 237. The van der Waals surface area contributed by atoms with Crippen molar-refractivity contribution in [1.82, 2.24) is 4.90 Å². The number of rotatable bonds is 5. The zero-order valence-corrected chi connectivity index (χ0v) is 10.9. The largest absolute Gasteiger partial charge is 0.343 e. The van der Waals surface area contributed by atoms with E-state index in [1.807, 2.05) is 4.90 Å². The molecule has 0 aromatic rings. The third-order valence-corrected chi connectivity index (χ3v) is 3.70. The average Bonchev–Trinajstić information content (AvgIpc) is 2.29. The normalized spacial score (nSPS) is 16.2. The molecule has 1 fully saturated rings. The summed E-state index contributed by atoms with van der Waals surface area (Å²) < 4.78 is 0. The molecule has 0 radical (unpaired) electrons. The van der Waals surface area contributed by atoms with E-state index in [-0.39, 0.29) is 5.12 Å². The van der Waals surface area contributed by atoms with Gasteiger partial charge in [-0.3, -0.25) is 9.59 Å². The summed E-state index contributed by atoms with van der Waals surface area (Å²) in [6.07, 6.45) is 6.11. The van der Waals surface area contributed by atoms with Gasteiger partial charge in [-0.05, 0) is 32.1 Å². The number of thioether (sulfide) groups is 1. The van der Waals surface area contributed by atoms with Gasteiger partial charge in [-0.2, -0.15) is 0 Å². The van der Waals surface area contributed by atoms with Crippen LogP contribution in [0.1, 0.15) is 45.4 Å². The van der Waals surface area contributed by atoms with E-state index >= 15 is 0 Å². The molecule has 16 heavy (non-hydrogen) atoms. The fraction of sp³-hybridized carbons (Fsp3) is 0.833. The first-order chi connectivity index (χ1) is 7.70. The molecule has 0 aromatic carbocycles. The van der Waals surface area contributed by atoms with Crippen molar-refractivity contribution in [2.75, 3.05) is 18.8 Å². The van der Waals surface area contributed by atoms with Crippen molar-refractivity contribution in [1.29, 1.82) is 0 Å². The van der Waals surface area contributed by atoms with Crippen LogP contribution >= 0.6 is 11.8 Å². The van der Waals surface area contributed by atoms with Gasteiger partial charge < -0.3 is 4.90 Å². The SMILES string of the molecule is CC(=O)SCCCCC(=O)N1CCCCC1. The number of piperidine rings is 1. The van der Waals surface area contributed by atoms with Gasteiger partial charge in [0.1, 0.15) is 0 Å². The maximum atomic E-state index is 11.7. The summed E-state index contributed by atoms with van der Waals surface area (Å²) in [5.74, 6) is 1.15. The predicted octanol–water partition coefficient (Wildman–Crippen LogP) is 2.45. The van der Waals surface area contributed by atoms with Crippen LogP contribution in [0.15, 0.2) is 0 Å². The monoisotopic (exact) mass is 243 g/mol. The second kappa shape index (κ2) is 7.71. The number of nitrogens with zero attached hydrogens (tertiary/aromatic N) is 1. The first kappa shape index (κ1) is 13.6. The van der Waals surface area contributed by atoms with Crippen LogP contribution in [0.2, 0.25) is 0 Å². The molecule has 0 saturated carbocycles. The topological polar surface area (TPSA) is 37.4 Å². The van der Waals surface area contributed by atoms with Crippen LogP contribution in [0.3, 0.4) is 0 Å².